The maximum atomic E-state index is 12.5. The van der Waals surface area contributed by atoms with Gasteiger partial charge in [0.1, 0.15) is 5.60 Å². The molecule has 0 radical (unpaired) electrons. The van der Waals surface area contributed by atoms with Gasteiger partial charge in [0.25, 0.3) is 0 Å². The van der Waals surface area contributed by atoms with Crippen molar-refractivity contribution in [2.75, 3.05) is 12.3 Å². The molecule has 7 nitrogen and oxygen atoms in total. The summed E-state index contributed by atoms with van der Waals surface area (Å²) in [6.07, 6.45) is 5.92. The van der Waals surface area contributed by atoms with Crippen LogP contribution in [-0.2, 0) is 14.6 Å². The molecule has 0 aliphatic carbocycles. The lowest BCUT2D eigenvalue weighted by Gasteiger charge is -2.36. The van der Waals surface area contributed by atoms with Crippen molar-refractivity contribution in [3.8, 4) is 0 Å². The van der Waals surface area contributed by atoms with E-state index in [4.69, 9.17) is 4.74 Å². The first kappa shape index (κ1) is 17.7. The molecule has 2 heterocycles. The van der Waals surface area contributed by atoms with Crippen LogP contribution in [0.25, 0.3) is 0 Å². The van der Waals surface area contributed by atoms with Crippen molar-refractivity contribution in [2.45, 2.75) is 56.7 Å². The molecule has 0 aromatic carbocycles. The molecule has 1 fully saturated rings. The first-order valence-corrected chi connectivity index (χ1v) is 9.33. The van der Waals surface area contributed by atoms with Gasteiger partial charge in [-0.25, -0.2) is 18.2 Å². The number of rotatable bonds is 3. The van der Waals surface area contributed by atoms with Gasteiger partial charge in [0, 0.05) is 25.0 Å². The zero-order chi connectivity index (χ0) is 17.1. The molecule has 8 heteroatoms. The van der Waals surface area contributed by atoms with E-state index in [1.165, 1.54) is 23.5 Å². The van der Waals surface area contributed by atoms with Gasteiger partial charge >= 0.3 is 6.09 Å². The Bertz CT molecular complexity index is 640. The van der Waals surface area contributed by atoms with Crippen LogP contribution < -0.4 is 0 Å². The molecule has 1 aromatic heterocycles. The molecule has 1 aliphatic heterocycles. The van der Waals surface area contributed by atoms with Crippen LogP contribution in [0, 0.1) is 0 Å². The number of amides is 1. The standard InChI is InChI=1S/C15H23N3O4S/c1-15(2,3)22-14(19)18-9-5-4-6-12(18)11-23(20,21)13-10-16-7-8-17-13/h7-8,10,12H,4-6,9,11H2,1-3H3/t12-/m1/s1. The van der Waals surface area contributed by atoms with Gasteiger partial charge in [0.15, 0.2) is 14.9 Å². The number of piperidine rings is 1. The van der Waals surface area contributed by atoms with Crippen LogP contribution in [0.15, 0.2) is 23.6 Å². The van der Waals surface area contributed by atoms with Gasteiger partial charge in [-0.2, -0.15) is 0 Å². The summed E-state index contributed by atoms with van der Waals surface area (Å²) in [7, 11) is -3.59. The maximum Gasteiger partial charge on any atom is 0.410 e. The van der Waals surface area contributed by atoms with Crippen molar-refractivity contribution < 1.29 is 17.9 Å². The Kier molecular flexibility index (Phi) is 5.23. The Hall–Kier alpha value is -1.70. The fraction of sp³-hybridized carbons (Fsp3) is 0.667. The van der Waals surface area contributed by atoms with Crippen molar-refractivity contribution in [1.29, 1.82) is 0 Å². The van der Waals surface area contributed by atoms with Crippen molar-refractivity contribution in [3.05, 3.63) is 18.6 Å². The smallest absolute Gasteiger partial charge is 0.410 e. The number of nitrogens with zero attached hydrogens (tertiary/aromatic N) is 3. The molecule has 128 valence electrons. The van der Waals surface area contributed by atoms with E-state index < -0.39 is 27.6 Å². The van der Waals surface area contributed by atoms with E-state index in [9.17, 15) is 13.2 Å². The van der Waals surface area contributed by atoms with Gasteiger partial charge in [0.2, 0.25) is 0 Å². The summed E-state index contributed by atoms with van der Waals surface area (Å²) in [5.74, 6) is -0.162. The second kappa shape index (κ2) is 6.82. The molecule has 0 bridgehead atoms. The zero-order valence-corrected chi connectivity index (χ0v) is 14.5. The molecule has 1 amide bonds. The van der Waals surface area contributed by atoms with Crippen LogP contribution in [0.2, 0.25) is 0 Å². The summed E-state index contributed by atoms with van der Waals surface area (Å²) in [6.45, 7) is 5.88. The van der Waals surface area contributed by atoms with Crippen molar-refractivity contribution >= 4 is 15.9 Å². The van der Waals surface area contributed by atoms with E-state index in [1.807, 2.05) is 0 Å². The molecular weight excluding hydrogens is 318 g/mol. The molecule has 0 saturated carbocycles. The lowest BCUT2D eigenvalue weighted by atomic mass is 10.0. The van der Waals surface area contributed by atoms with Gasteiger partial charge in [-0.3, -0.25) is 4.98 Å². The van der Waals surface area contributed by atoms with Gasteiger partial charge in [0.05, 0.1) is 11.9 Å². The number of carbonyl (C=O) groups excluding carboxylic acids is 1. The highest BCUT2D eigenvalue weighted by Gasteiger charge is 2.34. The average Bonchev–Trinajstić information content (AvgIpc) is 2.46. The highest BCUT2D eigenvalue weighted by atomic mass is 32.2. The Balaban J connectivity index is 2.14. The monoisotopic (exact) mass is 341 g/mol. The third-order valence-electron chi connectivity index (χ3n) is 3.53. The Morgan fingerprint density at radius 2 is 2.09 bits per heavy atom. The van der Waals surface area contributed by atoms with Gasteiger partial charge in [-0.1, -0.05) is 0 Å². The molecule has 1 saturated heterocycles. The molecule has 1 aliphatic rings. The first-order chi connectivity index (χ1) is 10.7. The quantitative estimate of drug-likeness (QED) is 0.836. The third-order valence-corrected chi connectivity index (χ3v) is 5.20. The van der Waals surface area contributed by atoms with Crippen LogP contribution in [0.1, 0.15) is 40.0 Å². The zero-order valence-electron chi connectivity index (χ0n) is 13.7. The summed E-state index contributed by atoms with van der Waals surface area (Å²) < 4.78 is 30.3. The largest absolute Gasteiger partial charge is 0.444 e. The number of hydrogen-bond donors (Lipinski definition) is 0. The number of ether oxygens (including phenoxy) is 1. The third kappa shape index (κ3) is 4.89. The Morgan fingerprint density at radius 1 is 1.35 bits per heavy atom. The highest BCUT2D eigenvalue weighted by Crippen LogP contribution is 2.23. The summed E-state index contributed by atoms with van der Waals surface area (Å²) in [5, 5.41) is -0.0605. The molecule has 23 heavy (non-hydrogen) atoms. The second-order valence-corrected chi connectivity index (χ2v) is 8.63. The van der Waals surface area contributed by atoms with E-state index in [1.54, 1.807) is 20.8 Å². The van der Waals surface area contributed by atoms with Gasteiger partial charge in [-0.05, 0) is 40.0 Å². The van der Waals surface area contributed by atoms with Crippen LogP contribution in [-0.4, -0.2) is 53.3 Å². The number of carbonyl (C=O) groups is 1. The van der Waals surface area contributed by atoms with Gasteiger partial charge < -0.3 is 9.64 Å². The minimum atomic E-state index is -3.59. The Morgan fingerprint density at radius 3 is 2.70 bits per heavy atom. The van der Waals surface area contributed by atoms with E-state index in [0.29, 0.717) is 13.0 Å². The lowest BCUT2D eigenvalue weighted by Crippen LogP contribution is -2.48. The Labute approximate surface area is 137 Å². The van der Waals surface area contributed by atoms with E-state index in [0.717, 1.165) is 12.8 Å². The van der Waals surface area contributed by atoms with Crippen molar-refractivity contribution in [3.63, 3.8) is 0 Å². The lowest BCUT2D eigenvalue weighted by molar-refractivity contribution is 0.0124. The van der Waals surface area contributed by atoms with Crippen molar-refractivity contribution in [1.82, 2.24) is 14.9 Å². The molecule has 0 N–H and O–H groups in total. The van der Waals surface area contributed by atoms with E-state index in [-0.39, 0.29) is 10.8 Å². The summed E-state index contributed by atoms with van der Waals surface area (Å²) in [5.41, 5.74) is -0.608. The SMILES string of the molecule is CC(C)(C)OC(=O)N1CCCC[C@@H]1CS(=O)(=O)c1cnccn1. The summed E-state index contributed by atoms with van der Waals surface area (Å²) in [4.78, 5) is 21.5. The van der Waals surface area contributed by atoms with E-state index in [2.05, 4.69) is 9.97 Å². The van der Waals surface area contributed by atoms with Crippen LogP contribution in [0.3, 0.4) is 0 Å². The predicted molar refractivity (Wildman–Crippen MR) is 84.7 cm³/mol. The topological polar surface area (TPSA) is 89.5 Å². The summed E-state index contributed by atoms with van der Waals surface area (Å²) in [6, 6.07) is -0.398. The average molecular weight is 341 g/mol. The molecule has 0 spiro atoms. The minimum Gasteiger partial charge on any atom is -0.444 e. The van der Waals surface area contributed by atoms with Crippen LogP contribution in [0.4, 0.5) is 4.79 Å². The van der Waals surface area contributed by atoms with E-state index >= 15 is 0 Å². The maximum absolute atomic E-state index is 12.5. The summed E-state index contributed by atoms with van der Waals surface area (Å²) >= 11 is 0. The second-order valence-electron chi connectivity index (χ2n) is 6.65. The fourth-order valence-electron chi connectivity index (χ4n) is 2.52. The molecular formula is C15H23N3O4S. The molecule has 1 aromatic rings. The number of sulfone groups is 1. The fourth-order valence-corrected chi connectivity index (χ4v) is 3.99. The predicted octanol–water partition coefficient (Wildman–Crippen LogP) is 2.04. The van der Waals surface area contributed by atoms with Gasteiger partial charge in [-0.15, -0.1) is 0 Å². The number of hydrogen-bond acceptors (Lipinski definition) is 6. The number of likely N-dealkylation sites (tertiary alicyclic amines) is 1. The molecule has 1 atom stereocenters. The van der Waals surface area contributed by atoms with Crippen LogP contribution >= 0.6 is 0 Å². The van der Waals surface area contributed by atoms with Crippen molar-refractivity contribution in [2.24, 2.45) is 0 Å². The normalized spacial score (nSPS) is 19.4. The minimum absolute atomic E-state index is 0.0605. The number of aromatic nitrogens is 2. The molecule has 0 unspecified atom stereocenters. The van der Waals surface area contributed by atoms with Crippen LogP contribution in [0.5, 0.6) is 0 Å². The highest BCUT2D eigenvalue weighted by molar-refractivity contribution is 7.91. The first-order valence-electron chi connectivity index (χ1n) is 7.67. The molecule has 2 rings (SSSR count).